The van der Waals surface area contributed by atoms with Crippen LogP contribution in [0.15, 0.2) is 30.3 Å². The van der Waals surface area contributed by atoms with Gasteiger partial charge in [-0.2, -0.15) is 0 Å². The van der Waals surface area contributed by atoms with Crippen molar-refractivity contribution in [3.63, 3.8) is 0 Å². The summed E-state index contributed by atoms with van der Waals surface area (Å²) in [5.41, 5.74) is 1.27. The van der Waals surface area contributed by atoms with E-state index in [0.717, 1.165) is 25.9 Å². The van der Waals surface area contributed by atoms with Gasteiger partial charge in [-0.15, -0.1) is 0 Å². The summed E-state index contributed by atoms with van der Waals surface area (Å²) in [5, 5.41) is 12.7. The summed E-state index contributed by atoms with van der Waals surface area (Å²) in [6.07, 6.45) is 1.98. The zero-order valence-corrected chi connectivity index (χ0v) is 10.5. The molecule has 0 aliphatic carbocycles. The van der Waals surface area contributed by atoms with Crippen LogP contribution in [0.3, 0.4) is 0 Å². The largest absolute Gasteiger partial charge is 0.396 e. The molecule has 1 aliphatic heterocycles. The van der Waals surface area contributed by atoms with Crippen molar-refractivity contribution in [1.29, 1.82) is 0 Å². The topological polar surface area (TPSA) is 35.5 Å². The van der Waals surface area contributed by atoms with Crippen molar-refractivity contribution in [3.05, 3.63) is 30.3 Å². The van der Waals surface area contributed by atoms with Crippen molar-refractivity contribution < 1.29 is 5.11 Å². The van der Waals surface area contributed by atoms with Crippen LogP contribution in [0.5, 0.6) is 0 Å². The maximum atomic E-state index is 9.19. The number of nitrogens with one attached hydrogen (secondary N) is 1. The van der Waals surface area contributed by atoms with Crippen LogP contribution in [0.25, 0.3) is 0 Å². The number of rotatable bonds is 3. The third-order valence-corrected chi connectivity index (χ3v) is 3.50. The lowest BCUT2D eigenvalue weighted by Gasteiger charge is -2.31. The number of aliphatic hydroxyl groups is 1. The Morgan fingerprint density at radius 1 is 1.35 bits per heavy atom. The van der Waals surface area contributed by atoms with Gasteiger partial charge in [0.05, 0.1) is 0 Å². The molecular weight excluding hydrogens is 212 g/mol. The zero-order chi connectivity index (χ0) is 12.1. The molecule has 1 aromatic rings. The average Bonchev–Trinajstić information content (AvgIpc) is 2.54. The van der Waals surface area contributed by atoms with Gasteiger partial charge in [-0.05, 0) is 31.9 Å². The highest BCUT2D eigenvalue weighted by Crippen LogP contribution is 2.20. The van der Waals surface area contributed by atoms with Gasteiger partial charge in [-0.25, -0.2) is 0 Å². The van der Waals surface area contributed by atoms with Crippen LogP contribution in [0.2, 0.25) is 0 Å². The number of nitrogens with zero attached hydrogens (tertiary/aromatic N) is 1. The second-order valence-corrected chi connectivity index (χ2v) is 4.79. The van der Waals surface area contributed by atoms with Crippen LogP contribution < -0.4 is 10.2 Å². The van der Waals surface area contributed by atoms with Gasteiger partial charge in [-0.3, -0.25) is 0 Å². The highest BCUT2D eigenvalue weighted by atomic mass is 16.3. The summed E-state index contributed by atoms with van der Waals surface area (Å²) >= 11 is 0. The summed E-state index contributed by atoms with van der Waals surface area (Å²) in [4.78, 5) is 2.42. The Bertz CT molecular complexity index is 328. The van der Waals surface area contributed by atoms with Gasteiger partial charge in [0.15, 0.2) is 0 Å². The Morgan fingerprint density at radius 3 is 2.82 bits per heavy atom. The molecule has 3 nitrogen and oxygen atoms in total. The molecule has 0 spiro atoms. The SMILES string of the molecule is CC1CCN(c2ccccc2)C(CCO)CN1. The zero-order valence-electron chi connectivity index (χ0n) is 10.5. The van der Waals surface area contributed by atoms with Crippen LogP contribution in [0.4, 0.5) is 5.69 Å². The molecule has 1 heterocycles. The number of benzene rings is 1. The van der Waals surface area contributed by atoms with Crippen molar-refractivity contribution >= 4 is 5.69 Å². The van der Waals surface area contributed by atoms with Crippen molar-refractivity contribution in [2.75, 3.05) is 24.6 Å². The smallest absolute Gasteiger partial charge is 0.0451 e. The fourth-order valence-corrected chi connectivity index (χ4v) is 2.43. The number of hydrogen-bond acceptors (Lipinski definition) is 3. The van der Waals surface area contributed by atoms with E-state index in [1.807, 2.05) is 6.07 Å². The second kappa shape index (κ2) is 6.03. The normalized spacial score (nSPS) is 25.6. The summed E-state index contributed by atoms with van der Waals surface area (Å²) < 4.78 is 0. The molecule has 2 unspecified atom stereocenters. The Hall–Kier alpha value is -1.06. The molecule has 1 aliphatic rings. The van der Waals surface area contributed by atoms with E-state index in [1.54, 1.807) is 0 Å². The molecule has 1 saturated heterocycles. The van der Waals surface area contributed by atoms with E-state index in [1.165, 1.54) is 5.69 Å². The van der Waals surface area contributed by atoms with E-state index in [4.69, 9.17) is 0 Å². The van der Waals surface area contributed by atoms with Crippen LogP contribution in [-0.4, -0.2) is 36.9 Å². The van der Waals surface area contributed by atoms with Gasteiger partial charge < -0.3 is 15.3 Å². The minimum Gasteiger partial charge on any atom is -0.396 e. The highest BCUT2D eigenvalue weighted by molar-refractivity contribution is 5.47. The van der Waals surface area contributed by atoms with Crippen molar-refractivity contribution in [2.45, 2.75) is 31.8 Å². The van der Waals surface area contributed by atoms with E-state index in [0.29, 0.717) is 12.1 Å². The van der Waals surface area contributed by atoms with Crippen LogP contribution in [0, 0.1) is 0 Å². The molecule has 2 rings (SSSR count). The Labute approximate surface area is 103 Å². The van der Waals surface area contributed by atoms with Crippen molar-refractivity contribution in [2.24, 2.45) is 0 Å². The Morgan fingerprint density at radius 2 is 2.12 bits per heavy atom. The van der Waals surface area contributed by atoms with Gasteiger partial charge in [-0.1, -0.05) is 18.2 Å². The molecule has 0 bridgehead atoms. The van der Waals surface area contributed by atoms with Gasteiger partial charge in [0.1, 0.15) is 0 Å². The maximum absolute atomic E-state index is 9.19. The predicted molar refractivity (Wildman–Crippen MR) is 71.4 cm³/mol. The lowest BCUT2D eigenvalue weighted by Crippen LogP contribution is -2.41. The summed E-state index contributed by atoms with van der Waals surface area (Å²) in [6.45, 7) is 4.49. The lowest BCUT2D eigenvalue weighted by atomic mass is 10.1. The standard InChI is InChI=1S/C14H22N2O/c1-12-7-9-16(13-5-3-2-4-6-13)14(8-10-17)11-15-12/h2-6,12,14-15,17H,7-11H2,1H3. The van der Waals surface area contributed by atoms with E-state index >= 15 is 0 Å². The fourth-order valence-electron chi connectivity index (χ4n) is 2.43. The minimum atomic E-state index is 0.254. The van der Waals surface area contributed by atoms with Crippen LogP contribution in [-0.2, 0) is 0 Å². The van der Waals surface area contributed by atoms with E-state index in [2.05, 4.69) is 41.4 Å². The number of aliphatic hydroxyl groups excluding tert-OH is 1. The van der Waals surface area contributed by atoms with Crippen molar-refractivity contribution in [1.82, 2.24) is 5.32 Å². The van der Waals surface area contributed by atoms with Crippen LogP contribution in [0.1, 0.15) is 19.8 Å². The third kappa shape index (κ3) is 3.20. The van der Waals surface area contributed by atoms with E-state index in [9.17, 15) is 5.11 Å². The van der Waals surface area contributed by atoms with Crippen LogP contribution >= 0.6 is 0 Å². The molecular formula is C14H22N2O. The molecule has 3 heteroatoms. The molecule has 94 valence electrons. The predicted octanol–water partition coefficient (Wildman–Crippen LogP) is 1.63. The molecule has 0 saturated carbocycles. The van der Waals surface area contributed by atoms with Crippen molar-refractivity contribution in [3.8, 4) is 0 Å². The Kier molecular flexibility index (Phi) is 4.40. The second-order valence-electron chi connectivity index (χ2n) is 4.79. The first-order valence-corrected chi connectivity index (χ1v) is 6.47. The third-order valence-electron chi connectivity index (χ3n) is 3.50. The van der Waals surface area contributed by atoms with E-state index < -0.39 is 0 Å². The molecule has 2 N–H and O–H groups in total. The molecule has 1 fully saturated rings. The number of anilines is 1. The van der Waals surface area contributed by atoms with Gasteiger partial charge in [0, 0.05) is 37.5 Å². The quantitative estimate of drug-likeness (QED) is 0.834. The highest BCUT2D eigenvalue weighted by Gasteiger charge is 2.22. The monoisotopic (exact) mass is 234 g/mol. The molecule has 2 atom stereocenters. The molecule has 1 aromatic carbocycles. The first kappa shape index (κ1) is 12.4. The average molecular weight is 234 g/mol. The molecule has 17 heavy (non-hydrogen) atoms. The molecule has 0 radical (unpaired) electrons. The number of para-hydroxylation sites is 1. The summed E-state index contributed by atoms with van der Waals surface area (Å²) in [6, 6.07) is 11.5. The van der Waals surface area contributed by atoms with Gasteiger partial charge >= 0.3 is 0 Å². The first-order valence-electron chi connectivity index (χ1n) is 6.47. The number of hydrogen-bond donors (Lipinski definition) is 2. The minimum absolute atomic E-state index is 0.254. The van der Waals surface area contributed by atoms with Gasteiger partial charge in [0.25, 0.3) is 0 Å². The van der Waals surface area contributed by atoms with Gasteiger partial charge in [0.2, 0.25) is 0 Å². The Balaban J connectivity index is 2.15. The van der Waals surface area contributed by atoms with E-state index in [-0.39, 0.29) is 6.61 Å². The summed E-state index contributed by atoms with van der Waals surface area (Å²) in [7, 11) is 0. The maximum Gasteiger partial charge on any atom is 0.0451 e. The summed E-state index contributed by atoms with van der Waals surface area (Å²) in [5.74, 6) is 0. The molecule has 0 amide bonds. The fraction of sp³-hybridized carbons (Fsp3) is 0.571. The molecule has 0 aromatic heterocycles. The lowest BCUT2D eigenvalue weighted by molar-refractivity contribution is 0.272. The first-order chi connectivity index (χ1) is 8.31.